The molecule has 0 bridgehead atoms. The smallest absolute Gasteiger partial charge is 0.273 e. The van der Waals surface area contributed by atoms with Gasteiger partial charge < -0.3 is 14.6 Å². The molecular formula is C28H23FN4O3. The molecule has 8 heteroatoms. The highest BCUT2D eigenvalue weighted by molar-refractivity contribution is 5.93. The number of nitrogens with zero attached hydrogens (tertiary/aromatic N) is 3. The summed E-state index contributed by atoms with van der Waals surface area (Å²) in [5, 5.41) is 11.5. The van der Waals surface area contributed by atoms with Gasteiger partial charge in [0.2, 0.25) is 0 Å². The summed E-state index contributed by atoms with van der Waals surface area (Å²) in [6, 6.07) is 25.3. The highest BCUT2D eigenvalue weighted by atomic mass is 19.1. The molecule has 0 unspecified atom stereocenters. The number of carbonyl (C=O) groups excluding carboxylic acids is 1. The lowest BCUT2D eigenvalue weighted by atomic mass is 10.1. The molecule has 0 saturated carbocycles. The van der Waals surface area contributed by atoms with E-state index in [0.29, 0.717) is 29.2 Å². The van der Waals surface area contributed by atoms with Gasteiger partial charge in [0.1, 0.15) is 0 Å². The van der Waals surface area contributed by atoms with Gasteiger partial charge in [-0.2, -0.15) is 5.10 Å². The van der Waals surface area contributed by atoms with Crippen molar-refractivity contribution in [3.63, 3.8) is 0 Å². The predicted molar refractivity (Wildman–Crippen MR) is 133 cm³/mol. The SMILES string of the molecule is CCOc1ccc(-c2nn(-c3ccccc3)cc2CNC(=O)c2cc(-c3ccccc3)on2)cc1F. The first-order valence-corrected chi connectivity index (χ1v) is 11.5. The number of amides is 1. The van der Waals surface area contributed by atoms with Crippen LogP contribution in [0, 0.1) is 5.82 Å². The summed E-state index contributed by atoms with van der Waals surface area (Å²) >= 11 is 0. The second-order valence-corrected chi connectivity index (χ2v) is 7.99. The Morgan fingerprint density at radius 1 is 1.00 bits per heavy atom. The highest BCUT2D eigenvalue weighted by Crippen LogP contribution is 2.28. The molecule has 1 N–H and O–H groups in total. The van der Waals surface area contributed by atoms with Crippen LogP contribution in [0.25, 0.3) is 28.3 Å². The van der Waals surface area contributed by atoms with E-state index in [1.165, 1.54) is 6.07 Å². The first-order valence-electron chi connectivity index (χ1n) is 11.5. The molecule has 0 atom stereocenters. The van der Waals surface area contributed by atoms with Gasteiger partial charge in [-0.05, 0) is 37.3 Å². The zero-order chi connectivity index (χ0) is 24.9. The molecule has 0 aliphatic heterocycles. The molecule has 180 valence electrons. The number of para-hydroxylation sites is 1. The topological polar surface area (TPSA) is 82.2 Å². The van der Waals surface area contributed by atoms with Gasteiger partial charge >= 0.3 is 0 Å². The van der Waals surface area contributed by atoms with Crippen molar-refractivity contribution in [1.82, 2.24) is 20.3 Å². The van der Waals surface area contributed by atoms with Crippen LogP contribution in [0.5, 0.6) is 5.75 Å². The summed E-state index contributed by atoms with van der Waals surface area (Å²) in [6.45, 7) is 2.32. The number of ether oxygens (including phenoxy) is 1. The minimum absolute atomic E-state index is 0.156. The summed E-state index contributed by atoms with van der Waals surface area (Å²) < 4.78 is 27.0. The first kappa shape index (κ1) is 23.0. The molecule has 5 aromatic rings. The fourth-order valence-electron chi connectivity index (χ4n) is 3.80. The molecule has 1 amide bonds. The van der Waals surface area contributed by atoms with Gasteiger partial charge in [-0.1, -0.05) is 53.7 Å². The monoisotopic (exact) mass is 482 g/mol. The minimum Gasteiger partial charge on any atom is -0.491 e. The number of carbonyl (C=O) groups is 1. The van der Waals surface area contributed by atoms with E-state index >= 15 is 0 Å². The van der Waals surface area contributed by atoms with Crippen LogP contribution in [0.1, 0.15) is 23.0 Å². The predicted octanol–water partition coefficient (Wildman–Crippen LogP) is 5.66. The number of hydrogen-bond acceptors (Lipinski definition) is 5. The van der Waals surface area contributed by atoms with Gasteiger partial charge in [0.15, 0.2) is 23.0 Å². The van der Waals surface area contributed by atoms with Gasteiger partial charge in [0, 0.05) is 35.5 Å². The van der Waals surface area contributed by atoms with E-state index in [2.05, 4.69) is 15.6 Å². The van der Waals surface area contributed by atoms with Crippen LogP contribution in [-0.4, -0.2) is 27.5 Å². The van der Waals surface area contributed by atoms with Crippen molar-refractivity contribution >= 4 is 5.91 Å². The molecule has 2 heterocycles. The van der Waals surface area contributed by atoms with Crippen LogP contribution in [-0.2, 0) is 6.54 Å². The van der Waals surface area contributed by atoms with E-state index in [1.54, 1.807) is 29.8 Å². The van der Waals surface area contributed by atoms with Gasteiger partial charge in [0.25, 0.3) is 5.91 Å². The molecule has 0 aliphatic carbocycles. The molecule has 3 aromatic carbocycles. The van der Waals surface area contributed by atoms with Crippen LogP contribution >= 0.6 is 0 Å². The Morgan fingerprint density at radius 3 is 2.47 bits per heavy atom. The third kappa shape index (κ3) is 4.88. The molecule has 0 aliphatic rings. The molecule has 7 nitrogen and oxygen atoms in total. The Kier molecular flexibility index (Phi) is 6.57. The largest absolute Gasteiger partial charge is 0.491 e. The van der Waals surface area contributed by atoms with E-state index in [4.69, 9.17) is 9.26 Å². The summed E-state index contributed by atoms with van der Waals surface area (Å²) in [7, 11) is 0. The second kappa shape index (κ2) is 10.3. The zero-order valence-electron chi connectivity index (χ0n) is 19.5. The quantitative estimate of drug-likeness (QED) is 0.309. The summed E-state index contributed by atoms with van der Waals surface area (Å²) in [5.41, 5.74) is 3.66. The Balaban J connectivity index is 1.41. The Hall–Kier alpha value is -4.72. The fourth-order valence-corrected chi connectivity index (χ4v) is 3.80. The van der Waals surface area contributed by atoms with Gasteiger partial charge in [-0.25, -0.2) is 9.07 Å². The molecule has 5 rings (SSSR count). The van der Waals surface area contributed by atoms with Crippen molar-refractivity contribution < 1.29 is 18.4 Å². The fraction of sp³-hybridized carbons (Fsp3) is 0.107. The number of nitrogens with one attached hydrogen (secondary N) is 1. The van der Waals surface area contributed by atoms with Crippen molar-refractivity contribution in [1.29, 1.82) is 0 Å². The van der Waals surface area contributed by atoms with E-state index in [1.807, 2.05) is 66.9 Å². The maximum absolute atomic E-state index is 14.6. The van der Waals surface area contributed by atoms with Crippen molar-refractivity contribution in [2.75, 3.05) is 6.61 Å². The average molecular weight is 483 g/mol. The first-order chi connectivity index (χ1) is 17.6. The maximum atomic E-state index is 14.6. The zero-order valence-corrected chi connectivity index (χ0v) is 19.5. The number of hydrogen-bond donors (Lipinski definition) is 1. The standard InChI is InChI=1S/C28H23FN4O3/c1-2-35-25-14-13-20(15-23(25)29)27-21(18-33(31-27)22-11-7-4-8-12-22)17-30-28(34)24-16-26(36-32-24)19-9-5-3-6-10-19/h3-16,18H,2,17H2,1H3,(H,30,34). The van der Waals surface area contributed by atoms with Crippen LogP contribution in [0.15, 0.2) is 95.6 Å². The van der Waals surface area contributed by atoms with Crippen LogP contribution in [0.3, 0.4) is 0 Å². The third-order valence-corrected chi connectivity index (χ3v) is 5.56. The molecule has 0 fully saturated rings. The van der Waals surface area contributed by atoms with E-state index < -0.39 is 11.7 Å². The van der Waals surface area contributed by atoms with E-state index in [0.717, 1.165) is 11.3 Å². The van der Waals surface area contributed by atoms with Crippen molar-refractivity contribution in [2.24, 2.45) is 0 Å². The lowest BCUT2D eigenvalue weighted by Gasteiger charge is -2.07. The van der Waals surface area contributed by atoms with Crippen LogP contribution in [0.2, 0.25) is 0 Å². The van der Waals surface area contributed by atoms with Crippen LogP contribution < -0.4 is 10.1 Å². The van der Waals surface area contributed by atoms with E-state index in [9.17, 15) is 9.18 Å². The molecular weight excluding hydrogens is 459 g/mol. The van der Waals surface area contributed by atoms with Crippen molar-refractivity contribution in [3.8, 4) is 34.0 Å². The molecule has 36 heavy (non-hydrogen) atoms. The van der Waals surface area contributed by atoms with E-state index in [-0.39, 0.29) is 18.0 Å². The van der Waals surface area contributed by atoms with Crippen LogP contribution in [0.4, 0.5) is 4.39 Å². The van der Waals surface area contributed by atoms with Gasteiger partial charge in [-0.15, -0.1) is 0 Å². The minimum atomic E-state index is -0.477. The number of halogens is 1. The maximum Gasteiger partial charge on any atom is 0.273 e. The van der Waals surface area contributed by atoms with Gasteiger partial charge in [-0.3, -0.25) is 4.79 Å². The average Bonchev–Trinajstić information content (AvgIpc) is 3.58. The summed E-state index contributed by atoms with van der Waals surface area (Å²) in [6.07, 6.45) is 1.82. The Labute approximate surface area is 207 Å². The molecule has 0 saturated heterocycles. The normalized spacial score (nSPS) is 10.8. The van der Waals surface area contributed by atoms with Crippen molar-refractivity contribution in [3.05, 3.63) is 108 Å². The number of rotatable bonds is 8. The number of benzene rings is 3. The lowest BCUT2D eigenvalue weighted by Crippen LogP contribution is -2.23. The van der Waals surface area contributed by atoms with Gasteiger partial charge in [0.05, 0.1) is 18.0 Å². The van der Waals surface area contributed by atoms with Crippen molar-refractivity contribution in [2.45, 2.75) is 13.5 Å². The second-order valence-electron chi connectivity index (χ2n) is 7.99. The summed E-state index contributed by atoms with van der Waals surface area (Å²) in [5.74, 6) is -0.186. The lowest BCUT2D eigenvalue weighted by molar-refractivity contribution is 0.0942. The highest BCUT2D eigenvalue weighted by Gasteiger charge is 2.18. The third-order valence-electron chi connectivity index (χ3n) is 5.56. The Bertz CT molecular complexity index is 1480. The molecule has 0 radical (unpaired) electrons. The Morgan fingerprint density at radius 2 is 1.75 bits per heavy atom. The molecule has 0 spiro atoms. The molecule has 2 aromatic heterocycles. The number of aromatic nitrogens is 3. The summed E-state index contributed by atoms with van der Waals surface area (Å²) in [4.78, 5) is 12.8.